The average molecular weight is 381 g/mol. The van der Waals surface area contributed by atoms with Crippen LogP contribution in [-0.4, -0.2) is 45.0 Å². The Labute approximate surface area is 153 Å². The molecule has 2 rings (SSSR count). The summed E-state index contributed by atoms with van der Waals surface area (Å²) in [7, 11) is -4.08. The largest absolute Gasteiger partial charge is 0.487 e. The van der Waals surface area contributed by atoms with Gasteiger partial charge in [0, 0.05) is 18.2 Å². The number of rotatable bonds is 9. The Morgan fingerprint density at radius 3 is 2.31 bits per heavy atom. The summed E-state index contributed by atoms with van der Waals surface area (Å²) in [6, 6.07) is 12.9. The lowest BCUT2D eigenvalue weighted by atomic mass is 10.1. The van der Waals surface area contributed by atoms with Gasteiger partial charge in [-0.15, -0.1) is 4.00 Å². The lowest BCUT2D eigenvalue weighted by Crippen LogP contribution is -2.61. The Balaban J connectivity index is 2.72. The summed E-state index contributed by atoms with van der Waals surface area (Å²) in [4.78, 5) is 0.0472. The van der Waals surface area contributed by atoms with Crippen LogP contribution < -0.4 is 14.6 Å². The minimum atomic E-state index is -4.08. The average Bonchev–Trinajstić information content (AvgIpc) is 2.64. The van der Waals surface area contributed by atoms with E-state index < -0.39 is 20.6 Å². The van der Waals surface area contributed by atoms with Crippen LogP contribution in [0.2, 0.25) is 0 Å². The molecule has 0 aliphatic carbocycles. The topological polar surface area (TPSA) is 110 Å². The van der Waals surface area contributed by atoms with E-state index in [1.165, 1.54) is 12.1 Å². The molecule has 0 saturated heterocycles. The summed E-state index contributed by atoms with van der Waals surface area (Å²) in [5, 5.41) is 18.8. The van der Waals surface area contributed by atoms with Gasteiger partial charge < -0.3 is 14.9 Å². The van der Waals surface area contributed by atoms with Crippen molar-refractivity contribution in [2.24, 2.45) is 5.84 Å². The van der Waals surface area contributed by atoms with Crippen LogP contribution in [0.3, 0.4) is 0 Å². The molecule has 4 N–H and O–H groups in total. The van der Waals surface area contributed by atoms with Crippen LogP contribution in [-0.2, 0) is 16.4 Å². The van der Waals surface area contributed by atoms with Crippen molar-refractivity contribution in [1.29, 1.82) is 0 Å². The fourth-order valence-corrected chi connectivity index (χ4v) is 4.40. The fraction of sp³-hybridized carbons (Fsp3) is 0.333. The van der Waals surface area contributed by atoms with Gasteiger partial charge >= 0.3 is 10.0 Å². The first kappa shape index (κ1) is 20.3. The Kier molecular flexibility index (Phi) is 6.74. The number of quaternary nitrogens is 1. The third-order valence-electron chi connectivity index (χ3n) is 4.06. The van der Waals surface area contributed by atoms with Crippen molar-refractivity contribution in [2.75, 3.05) is 26.4 Å². The first-order valence-corrected chi connectivity index (χ1v) is 9.80. The van der Waals surface area contributed by atoms with Crippen LogP contribution in [0.4, 0.5) is 5.69 Å². The van der Waals surface area contributed by atoms with E-state index in [2.05, 4.69) is 0 Å². The maximum atomic E-state index is 13.3. The minimum absolute atomic E-state index is 0.0472. The van der Waals surface area contributed by atoms with Crippen molar-refractivity contribution >= 4 is 15.7 Å². The maximum Gasteiger partial charge on any atom is 0.349 e. The molecular weight excluding hydrogens is 356 g/mol. The van der Waals surface area contributed by atoms with Crippen LogP contribution in [0.5, 0.6) is 5.75 Å². The number of hydrogen-bond donors (Lipinski definition) is 3. The summed E-state index contributed by atoms with van der Waals surface area (Å²) in [5.41, 5.74) is 0.872. The molecule has 1 unspecified atom stereocenters. The highest BCUT2D eigenvalue weighted by molar-refractivity contribution is 7.91. The summed E-state index contributed by atoms with van der Waals surface area (Å²) >= 11 is 0. The molecule has 0 aliphatic heterocycles. The number of aliphatic hydroxyl groups is 2. The van der Waals surface area contributed by atoms with Crippen molar-refractivity contribution < 1.29 is 23.4 Å². The molecule has 2 aromatic rings. The Morgan fingerprint density at radius 1 is 1.04 bits per heavy atom. The molecule has 0 saturated carbocycles. The molecule has 0 bridgehead atoms. The van der Waals surface area contributed by atoms with E-state index in [-0.39, 0.29) is 23.7 Å². The molecule has 0 aliphatic rings. The Morgan fingerprint density at radius 2 is 1.73 bits per heavy atom. The molecular formula is C18H25N2O5S+. The quantitative estimate of drug-likeness (QED) is 0.342. The number of sulfonamides is 1. The molecule has 1 atom stereocenters. The van der Waals surface area contributed by atoms with Gasteiger partial charge in [-0.1, -0.05) is 30.3 Å². The molecule has 0 fully saturated rings. The van der Waals surface area contributed by atoms with Crippen LogP contribution in [0.15, 0.2) is 53.4 Å². The number of benzene rings is 2. The highest BCUT2D eigenvalue weighted by atomic mass is 32.2. The number of nitrogens with zero attached hydrogens (tertiary/aromatic N) is 1. The number of aliphatic hydroxyl groups excluding tert-OH is 2. The monoisotopic (exact) mass is 381 g/mol. The van der Waals surface area contributed by atoms with Gasteiger partial charge in [0.1, 0.15) is 11.4 Å². The van der Waals surface area contributed by atoms with Crippen LogP contribution >= 0.6 is 0 Å². The smallest absolute Gasteiger partial charge is 0.349 e. The zero-order valence-electron chi connectivity index (χ0n) is 14.7. The lowest BCUT2D eigenvalue weighted by Gasteiger charge is -2.32. The Bertz CT molecular complexity index is 827. The zero-order valence-corrected chi connectivity index (χ0v) is 15.5. The van der Waals surface area contributed by atoms with E-state index >= 15 is 0 Å². The maximum absolute atomic E-state index is 13.3. The summed E-state index contributed by atoms with van der Waals surface area (Å²) in [6.07, 6.45) is 0.299. The summed E-state index contributed by atoms with van der Waals surface area (Å²) < 4.78 is 31.3. The molecule has 7 nitrogen and oxygen atoms in total. The van der Waals surface area contributed by atoms with Crippen LogP contribution in [0, 0.1) is 0 Å². The first-order valence-electron chi connectivity index (χ1n) is 8.36. The standard InChI is InChI=1S/C18H25N2O5S/c1-2-25-18-15(11-13-21)7-6-10-17(18)20(19,12-14-22)26(23,24)16-8-4-3-5-9-16/h3-10,21-22H,2,11-14,19H2,1H3/q+1. The van der Waals surface area contributed by atoms with E-state index in [4.69, 9.17) is 10.6 Å². The van der Waals surface area contributed by atoms with Gasteiger partial charge in [-0.05, 0) is 25.5 Å². The molecule has 0 radical (unpaired) electrons. The number of nitrogens with two attached hydrogens (primary N) is 1. The first-order chi connectivity index (χ1) is 12.4. The molecule has 26 heavy (non-hydrogen) atoms. The van der Waals surface area contributed by atoms with Crippen LogP contribution in [0.1, 0.15) is 12.5 Å². The van der Waals surface area contributed by atoms with Gasteiger partial charge in [-0.3, -0.25) is 0 Å². The van der Waals surface area contributed by atoms with Crippen molar-refractivity contribution in [2.45, 2.75) is 18.2 Å². The number of ether oxygens (including phenoxy) is 1. The van der Waals surface area contributed by atoms with Gasteiger partial charge in [-0.2, -0.15) is 14.3 Å². The minimum Gasteiger partial charge on any atom is -0.487 e. The van der Waals surface area contributed by atoms with E-state index in [0.717, 1.165) is 0 Å². The lowest BCUT2D eigenvalue weighted by molar-refractivity contribution is 0.249. The highest BCUT2D eigenvalue weighted by Gasteiger charge is 2.45. The van der Waals surface area contributed by atoms with Gasteiger partial charge in [0.05, 0.1) is 13.2 Å². The van der Waals surface area contributed by atoms with Crippen molar-refractivity contribution in [3.8, 4) is 5.75 Å². The van der Waals surface area contributed by atoms with Crippen molar-refractivity contribution in [3.05, 3.63) is 54.1 Å². The third kappa shape index (κ3) is 3.74. The van der Waals surface area contributed by atoms with E-state index in [1.807, 2.05) is 0 Å². The molecule has 0 heterocycles. The zero-order chi connectivity index (χ0) is 19.2. The van der Waals surface area contributed by atoms with E-state index in [9.17, 15) is 18.6 Å². The second kappa shape index (κ2) is 8.61. The van der Waals surface area contributed by atoms with Crippen molar-refractivity contribution in [3.63, 3.8) is 0 Å². The van der Waals surface area contributed by atoms with Crippen molar-refractivity contribution in [1.82, 2.24) is 4.00 Å². The molecule has 8 heteroatoms. The summed E-state index contributed by atoms with van der Waals surface area (Å²) in [5.74, 6) is 6.70. The molecule has 142 valence electrons. The van der Waals surface area contributed by atoms with Gasteiger partial charge in [0.25, 0.3) is 0 Å². The van der Waals surface area contributed by atoms with Gasteiger partial charge in [-0.25, -0.2) is 0 Å². The Hall–Kier alpha value is -1.97. The van der Waals surface area contributed by atoms with Crippen LogP contribution in [0.25, 0.3) is 0 Å². The second-order valence-electron chi connectivity index (χ2n) is 5.70. The molecule has 2 aromatic carbocycles. The highest BCUT2D eigenvalue weighted by Crippen LogP contribution is 2.38. The SMILES string of the molecule is CCOc1c(CCO)cccc1[N+](N)(CCO)S(=O)(=O)c1ccccc1. The third-order valence-corrected chi connectivity index (χ3v) is 6.16. The normalized spacial score (nSPS) is 14.0. The van der Waals surface area contributed by atoms with Gasteiger partial charge in [0.2, 0.25) is 5.69 Å². The number of hydrogen-bond acceptors (Lipinski definition) is 6. The summed E-state index contributed by atoms with van der Waals surface area (Å²) in [6.45, 7) is 1.29. The van der Waals surface area contributed by atoms with E-state index in [1.54, 1.807) is 43.3 Å². The van der Waals surface area contributed by atoms with Gasteiger partial charge in [0.15, 0.2) is 5.75 Å². The molecule has 0 aromatic heterocycles. The molecule has 0 spiro atoms. The molecule has 0 amide bonds. The predicted molar refractivity (Wildman–Crippen MR) is 100.0 cm³/mol. The second-order valence-corrected chi connectivity index (χ2v) is 7.78. The predicted octanol–water partition coefficient (Wildman–Crippen LogP) is 1.18. The number of para-hydroxylation sites is 1. The van der Waals surface area contributed by atoms with E-state index in [0.29, 0.717) is 24.3 Å². The fourth-order valence-electron chi connectivity index (χ4n) is 2.80.